The largest absolute Gasteiger partial charge is 0.350 e. The molecule has 2 heterocycles. The molecule has 0 aromatic heterocycles. The van der Waals surface area contributed by atoms with Crippen LogP contribution in [0, 0.1) is 5.92 Å². The van der Waals surface area contributed by atoms with E-state index in [9.17, 15) is 17.6 Å². The van der Waals surface area contributed by atoms with E-state index in [0.717, 1.165) is 0 Å². The quantitative estimate of drug-likeness (QED) is 0.176. The van der Waals surface area contributed by atoms with Gasteiger partial charge in [-0.2, -0.15) is 0 Å². The van der Waals surface area contributed by atoms with Crippen LogP contribution in [0.15, 0.2) is 16.8 Å². The second kappa shape index (κ2) is 13.3. The Kier molecular flexibility index (Phi) is 11.4. The molecular weight excluding hydrogens is 483 g/mol. The van der Waals surface area contributed by atoms with Gasteiger partial charge in [0.05, 0.1) is 28.5 Å². The predicted octanol–water partition coefficient (Wildman–Crippen LogP) is 0.532. The molecule has 0 saturated carbocycles. The number of sulfone groups is 1. The lowest BCUT2D eigenvalue weighted by atomic mass is 9.95. The van der Waals surface area contributed by atoms with Crippen LogP contribution in [0.2, 0.25) is 0 Å². The number of nitrogens with two attached hydrogens (primary N) is 2. The molecule has 12 heteroatoms. The van der Waals surface area contributed by atoms with E-state index in [1.165, 1.54) is 12.5 Å². The second-order valence-corrected chi connectivity index (χ2v) is 12.1. The maximum atomic E-state index is 14.0. The van der Waals surface area contributed by atoms with Crippen molar-refractivity contribution in [3.05, 3.63) is 11.8 Å². The zero-order valence-electron chi connectivity index (χ0n) is 20.3. The van der Waals surface area contributed by atoms with Crippen molar-refractivity contribution in [2.45, 2.75) is 74.6 Å². The Bertz CT molecular complexity index is 840. The van der Waals surface area contributed by atoms with Crippen molar-refractivity contribution in [3.8, 4) is 0 Å². The molecule has 6 N–H and O–H groups in total. The fourth-order valence-electron chi connectivity index (χ4n) is 4.63. The normalized spacial score (nSPS) is 29.0. The van der Waals surface area contributed by atoms with E-state index in [2.05, 4.69) is 15.6 Å². The summed E-state index contributed by atoms with van der Waals surface area (Å²) in [4.78, 5) is 19.7. The van der Waals surface area contributed by atoms with Gasteiger partial charge in [0.2, 0.25) is 5.91 Å². The highest BCUT2D eigenvalue weighted by molar-refractivity contribution is 7.91. The van der Waals surface area contributed by atoms with E-state index < -0.39 is 39.2 Å². The molecule has 34 heavy (non-hydrogen) atoms. The van der Waals surface area contributed by atoms with Crippen molar-refractivity contribution >= 4 is 33.6 Å². The Balaban J connectivity index is 2.21. The average Bonchev–Trinajstić information content (AvgIpc) is 3.22. The predicted molar refractivity (Wildman–Crippen MR) is 135 cm³/mol. The molecule has 0 aromatic rings. The van der Waals surface area contributed by atoms with Gasteiger partial charge in [-0.05, 0) is 25.8 Å². The number of amides is 1. The number of carbonyl (C=O) groups is 1. The lowest BCUT2D eigenvalue weighted by Crippen LogP contribution is -2.65. The molecule has 2 saturated heterocycles. The van der Waals surface area contributed by atoms with Crippen LogP contribution >= 0.6 is 11.6 Å². The number of likely N-dealkylation sites (tertiary alicyclic amines) is 1. The summed E-state index contributed by atoms with van der Waals surface area (Å²) in [6.07, 6.45) is 4.03. The summed E-state index contributed by atoms with van der Waals surface area (Å²) in [7, 11) is -3.17. The maximum absolute atomic E-state index is 14.0. The summed E-state index contributed by atoms with van der Waals surface area (Å²) in [6.45, 7) is 5.73. The molecule has 2 fully saturated rings. The third kappa shape index (κ3) is 7.96. The summed E-state index contributed by atoms with van der Waals surface area (Å²) in [5, 5.41) is 5.46. The van der Waals surface area contributed by atoms with Gasteiger partial charge in [-0.3, -0.25) is 14.7 Å². The van der Waals surface area contributed by atoms with E-state index >= 15 is 0 Å². The van der Waals surface area contributed by atoms with Gasteiger partial charge in [0, 0.05) is 38.1 Å². The summed E-state index contributed by atoms with van der Waals surface area (Å²) in [6, 6.07) is -0.640. The van der Waals surface area contributed by atoms with Crippen LogP contribution in [0.1, 0.15) is 39.5 Å². The fourth-order valence-corrected chi connectivity index (χ4v) is 6.07. The monoisotopic (exact) mass is 522 g/mol. The Labute approximate surface area is 207 Å². The van der Waals surface area contributed by atoms with Gasteiger partial charge in [0.15, 0.2) is 9.84 Å². The standard InChI is InChI=1S/C22H40ClFN6O3S/c1-4-6-14(24)10-28-17(7-5-2)19(21(25)26)22(31)29-18-12-27-11-16(23)20(18)30-9-8-15(13-30)34(3,32)33/h7,10,14-16,18-21,27H,4-6,8-9,11-13,25-26H2,1-3H3,(H,29,31)/b17-7-,28-10?. The molecule has 6 atom stereocenters. The summed E-state index contributed by atoms with van der Waals surface area (Å²) in [5.41, 5.74) is 12.3. The molecule has 9 nitrogen and oxygen atoms in total. The van der Waals surface area contributed by atoms with Crippen molar-refractivity contribution in [3.63, 3.8) is 0 Å². The number of aliphatic imine (C=N–C) groups is 1. The topological polar surface area (TPSA) is 143 Å². The molecule has 0 aliphatic carbocycles. The Morgan fingerprint density at radius 3 is 2.62 bits per heavy atom. The molecule has 6 unspecified atom stereocenters. The van der Waals surface area contributed by atoms with Crippen LogP contribution in [0.3, 0.4) is 0 Å². The first-order valence-corrected chi connectivity index (χ1v) is 14.4. The van der Waals surface area contributed by atoms with Gasteiger partial charge in [0.1, 0.15) is 12.1 Å². The minimum Gasteiger partial charge on any atom is -0.350 e. The lowest BCUT2D eigenvalue weighted by Gasteiger charge is -2.42. The van der Waals surface area contributed by atoms with Crippen molar-refractivity contribution in [2.24, 2.45) is 22.4 Å². The third-order valence-electron chi connectivity index (χ3n) is 6.37. The number of carbonyl (C=O) groups excluding carboxylic acids is 1. The summed E-state index contributed by atoms with van der Waals surface area (Å²) >= 11 is 6.64. The molecule has 0 bridgehead atoms. The van der Waals surface area contributed by atoms with Gasteiger partial charge in [-0.15, -0.1) is 11.6 Å². The van der Waals surface area contributed by atoms with Crippen molar-refractivity contribution < 1.29 is 17.6 Å². The number of allylic oxidation sites excluding steroid dienone is 1. The number of piperidine rings is 1. The minimum atomic E-state index is -3.17. The average molecular weight is 523 g/mol. The molecule has 2 rings (SSSR count). The number of rotatable bonds is 11. The number of hydrogen-bond donors (Lipinski definition) is 4. The number of halogens is 2. The molecule has 0 radical (unpaired) electrons. The van der Waals surface area contributed by atoms with Crippen LogP contribution in [0.4, 0.5) is 4.39 Å². The van der Waals surface area contributed by atoms with Gasteiger partial charge in [0.25, 0.3) is 0 Å². The van der Waals surface area contributed by atoms with Crippen LogP contribution in [-0.2, 0) is 14.6 Å². The van der Waals surface area contributed by atoms with Gasteiger partial charge < -0.3 is 22.1 Å². The van der Waals surface area contributed by atoms with Crippen molar-refractivity contribution in [1.29, 1.82) is 0 Å². The van der Waals surface area contributed by atoms with Crippen molar-refractivity contribution in [2.75, 3.05) is 32.4 Å². The Morgan fingerprint density at radius 2 is 2.06 bits per heavy atom. The van der Waals surface area contributed by atoms with Crippen LogP contribution in [-0.4, -0.2) is 92.9 Å². The number of hydrogen-bond acceptors (Lipinski definition) is 8. The third-order valence-corrected chi connectivity index (χ3v) is 8.37. The molecule has 2 aliphatic rings. The highest BCUT2D eigenvalue weighted by Gasteiger charge is 2.43. The molecule has 2 aliphatic heterocycles. The van der Waals surface area contributed by atoms with Crippen molar-refractivity contribution in [1.82, 2.24) is 15.5 Å². The smallest absolute Gasteiger partial charge is 0.232 e. The number of alkyl halides is 2. The van der Waals surface area contributed by atoms with Gasteiger partial charge in [-0.25, -0.2) is 12.8 Å². The summed E-state index contributed by atoms with van der Waals surface area (Å²) in [5.74, 6) is -1.39. The minimum absolute atomic E-state index is 0.254. The van der Waals surface area contributed by atoms with E-state index in [4.69, 9.17) is 23.1 Å². The molecule has 196 valence electrons. The maximum Gasteiger partial charge on any atom is 0.232 e. The molecule has 1 amide bonds. The number of nitrogens with zero attached hydrogens (tertiary/aromatic N) is 2. The highest BCUT2D eigenvalue weighted by Crippen LogP contribution is 2.26. The van der Waals surface area contributed by atoms with E-state index in [1.54, 1.807) is 6.08 Å². The first-order chi connectivity index (χ1) is 16.0. The molecule has 0 spiro atoms. The first kappa shape index (κ1) is 29.1. The van der Waals surface area contributed by atoms with Crippen LogP contribution in [0.25, 0.3) is 0 Å². The zero-order chi connectivity index (χ0) is 25.5. The molecular formula is C22H40ClFN6O3S. The van der Waals surface area contributed by atoms with Crippen LogP contribution < -0.4 is 22.1 Å². The van der Waals surface area contributed by atoms with E-state index in [1.807, 2.05) is 18.7 Å². The lowest BCUT2D eigenvalue weighted by molar-refractivity contribution is -0.125. The van der Waals surface area contributed by atoms with Crippen LogP contribution in [0.5, 0.6) is 0 Å². The SMILES string of the molecule is CC/C=C(\N=CC(F)CCC)C(C(=O)NC1CNCC(Cl)C1N1CCC(S(C)(=O)=O)C1)C(N)N. The first-order valence-electron chi connectivity index (χ1n) is 12.0. The highest BCUT2D eigenvalue weighted by atomic mass is 35.5. The van der Waals surface area contributed by atoms with E-state index in [0.29, 0.717) is 57.6 Å². The Morgan fingerprint density at radius 1 is 1.35 bits per heavy atom. The molecule has 0 aromatic carbocycles. The fraction of sp³-hybridized carbons (Fsp3) is 0.818. The second-order valence-electron chi connectivity index (χ2n) is 9.19. The number of nitrogens with one attached hydrogen (secondary N) is 2. The Hall–Kier alpha value is -1.11. The van der Waals surface area contributed by atoms with Gasteiger partial charge in [-0.1, -0.05) is 26.3 Å². The van der Waals surface area contributed by atoms with Gasteiger partial charge >= 0.3 is 0 Å². The van der Waals surface area contributed by atoms with E-state index in [-0.39, 0.29) is 17.5 Å². The zero-order valence-corrected chi connectivity index (χ0v) is 21.9. The summed E-state index contributed by atoms with van der Waals surface area (Å²) < 4.78 is 38.1.